The summed E-state index contributed by atoms with van der Waals surface area (Å²) in [7, 11) is 0. The van der Waals surface area contributed by atoms with Gasteiger partial charge in [0.2, 0.25) is 0 Å². The molecule has 0 saturated heterocycles. The van der Waals surface area contributed by atoms with Crippen LogP contribution in [0.4, 0.5) is 4.39 Å². The van der Waals surface area contributed by atoms with Crippen molar-refractivity contribution >= 4 is 34.8 Å². The SMILES string of the molecule is CCNC(Cc1cccc(Cl)c1Cl)c1c(F)cccc1Cl. The summed E-state index contributed by atoms with van der Waals surface area (Å²) in [6, 6.07) is 9.86. The summed E-state index contributed by atoms with van der Waals surface area (Å²) in [5.74, 6) is -0.327. The van der Waals surface area contributed by atoms with E-state index in [4.69, 9.17) is 34.8 Å². The second-order valence-electron chi connectivity index (χ2n) is 4.66. The molecule has 0 aliphatic rings. The molecule has 0 aliphatic carbocycles. The van der Waals surface area contributed by atoms with E-state index in [0.29, 0.717) is 33.6 Å². The molecule has 0 spiro atoms. The van der Waals surface area contributed by atoms with Crippen LogP contribution >= 0.6 is 34.8 Å². The third-order valence-electron chi connectivity index (χ3n) is 3.25. The van der Waals surface area contributed by atoms with Gasteiger partial charge in [0.25, 0.3) is 0 Å². The molecule has 2 rings (SSSR count). The van der Waals surface area contributed by atoms with Gasteiger partial charge in [-0.1, -0.05) is 59.9 Å². The van der Waals surface area contributed by atoms with Crippen LogP contribution in [0, 0.1) is 5.82 Å². The fourth-order valence-electron chi connectivity index (χ4n) is 2.29. The number of rotatable bonds is 5. The van der Waals surface area contributed by atoms with Gasteiger partial charge in [0.1, 0.15) is 5.82 Å². The van der Waals surface area contributed by atoms with E-state index in [9.17, 15) is 4.39 Å². The number of hydrogen-bond acceptors (Lipinski definition) is 1. The van der Waals surface area contributed by atoms with E-state index < -0.39 is 0 Å². The zero-order valence-corrected chi connectivity index (χ0v) is 13.7. The van der Waals surface area contributed by atoms with Gasteiger partial charge >= 0.3 is 0 Å². The normalized spacial score (nSPS) is 12.4. The summed E-state index contributed by atoms with van der Waals surface area (Å²) in [5.41, 5.74) is 1.31. The highest BCUT2D eigenvalue weighted by molar-refractivity contribution is 6.42. The first kappa shape index (κ1) is 16.6. The second-order valence-corrected chi connectivity index (χ2v) is 5.86. The molecule has 0 radical (unpaired) electrons. The molecule has 0 amide bonds. The van der Waals surface area contributed by atoms with Crippen molar-refractivity contribution in [3.63, 3.8) is 0 Å². The Balaban J connectivity index is 2.38. The summed E-state index contributed by atoms with van der Waals surface area (Å²) in [4.78, 5) is 0. The average Bonchev–Trinajstić information content (AvgIpc) is 2.44. The molecule has 0 fully saturated rings. The maximum absolute atomic E-state index is 14.1. The highest BCUT2D eigenvalue weighted by Gasteiger charge is 2.20. The van der Waals surface area contributed by atoms with E-state index in [1.807, 2.05) is 19.1 Å². The van der Waals surface area contributed by atoms with Gasteiger partial charge in [0.05, 0.1) is 10.0 Å². The zero-order chi connectivity index (χ0) is 15.4. The largest absolute Gasteiger partial charge is 0.310 e. The van der Waals surface area contributed by atoms with Gasteiger partial charge < -0.3 is 5.32 Å². The molecular formula is C16H15Cl3FN. The van der Waals surface area contributed by atoms with E-state index in [-0.39, 0.29) is 11.9 Å². The van der Waals surface area contributed by atoms with Crippen LogP contribution in [-0.2, 0) is 6.42 Å². The number of likely N-dealkylation sites (N-methyl/N-ethyl adjacent to an activating group) is 1. The molecule has 0 aromatic heterocycles. The molecule has 2 aromatic rings. The van der Waals surface area contributed by atoms with Crippen molar-refractivity contribution in [2.45, 2.75) is 19.4 Å². The molecule has 0 saturated carbocycles. The lowest BCUT2D eigenvalue weighted by Crippen LogP contribution is -2.24. The standard InChI is InChI=1S/C16H15Cl3FN/c1-2-21-14(15-11(17)6-4-8-13(15)20)9-10-5-3-7-12(18)16(10)19/h3-8,14,21H,2,9H2,1H3. The fraction of sp³-hybridized carbons (Fsp3) is 0.250. The molecule has 2 aromatic carbocycles. The Morgan fingerprint density at radius 2 is 1.71 bits per heavy atom. The van der Waals surface area contributed by atoms with Crippen LogP contribution in [0.1, 0.15) is 24.1 Å². The van der Waals surface area contributed by atoms with Crippen LogP contribution < -0.4 is 5.32 Å². The maximum Gasteiger partial charge on any atom is 0.129 e. The molecule has 1 nitrogen and oxygen atoms in total. The highest BCUT2D eigenvalue weighted by Crippen LogP contribution is 2.32. The smallest absolute Gasteiger partial charge is 0.129 e. The minimum absolute atomic E-state index is 0.264. The Hall–Kier alpha value is -0.800. The van der Waals surface area contributed by atoms with E-state index >= 15 is 0 Å². The minimum Gasteiger partial charge on any atom is -0.310 e. The molecule has 0 bridgehead atoms. The quantitative estimate of drug-likeness (QED) is 0.734. The maximum atomic E-state index is 14.1. The fourth-order valence-corrected chi connectivity index (χ4v) is 2.98. The van der Waals surface area contributed by atoms with Gasteiger partial charge in [-0.3, -0.25) is 0 Å². The summed E-state index contributed by atoms with van der Waals surface area (Å²) in [5, 5.41) is 4.64. The van der Waals surface area contributed by atoms with Crippen molar-refractivity contribution in [2.75, 3.05) is 6.54 Å². The van der Waals surface area contributed by atoms with Gasteiger partial charge in [0, 0.05) is 16.6 Å². The van der Waals surface area contributed by atoms with Crippen molar-refractivity contribution in [3.8, 4) is 0 Å². The lowest BCUT2D eigenvalue weighted by Gasteiger charge is -2.21. The molecule has 0 aliphatic heterocycles. The van der Waals surface area contributed by atoms with Gasteiger partial charge in [-0.15, -0.1) is 0 Å². The summed E-state index contributed by atoms with van der Waals surface area (Å²) in [6.07, 6.45) is 0.508. The Bertz CT molecular complexity index is 611. The van der Waals surface area contributed by atoms with Crippen LogP contribution in [0.25, 0.3) is 0 Å². The van der Waals surface area contributed by atoms with Crippen LogP contribution in [-0.4, -0.2) is 6.54 Å². The lowest BCUT2D eigenvalue weighted by atomic mass is 9.98. The Morgan fingerprint density at radius 1 is 1.05 bits per heavy atom. The van der Waals surface area contributed by atoms with E-state index in [2.05, 4.69) is 5.32 Å². The first-order valence-corrected chi connectivity index (χ1v) is 7.78. The van der Waals surface area contributed by atoms with Crippen LogP contribution in [0.3, 0.4) is 0 Å². The van der Waals surface area contributed by atoms with Gasteiger partial charge in [-0.2, -0.15) is 0 Å². The number of hydrogen-bond donors (Lipinski definition) is 1. The van der Waals surface area contributed by atoms with Gasteiger partial charge in [-0.05, 0) is 36.7 Å². The third-order valence-corrected chi connectivity index (χ3v) is 4.44. The summed E-state index contributed by atoms with van der Waals surface area (Å²) < 4.78 is 14.1. The number of nitrogens with one attached hydrogen (secondary N) is 1. The lowest BCUT2D eigenvalue weighted by molar-refractivity contribution is 0.510. The van der Waals surface area contributed by atoms with Crippen molar-refractivity contribution < 1.29 is 4.39 Å². The number of benzene rings is 2. The predicted molar refractivity (Wildman–Crippen MR) is 88.0 cm³/mol. The molecule has 1 N–H and O–H groups in total. The van der Waals surface area contributed by atoms with Gasteiger partial charge in [0.15, 0.2) is 0 Å². The van der Waals surface area contributed by atoms with Crippen LogP contribution in [0.15, 0.2) is 36.4 Å². The van der Waals surface area contributed by atoms with Gasteiger partial charge in [-0.25, -0.2) is 4.39 Å². The summed E-state index contributed by atoms with van der Waals surface area (Å²) >= 11 is 18.4. The van der Waals surface area contributed by atoms with E-state index in [1.54, 1.807) is 18.2 Å². The molecule has 0 heterocycles. The average molecular weight is 347 g/mol. The monoisotopic (exact) mass is 345 g/mol. The Labute approximate surface area is 139 Å². The summed E-state index contributed by atoms with van der Waals surface area (Å²) in [6.45, 7) is 2.65. The molecule has 1 unspecified atom stereocenters. The molecule has 21 heavy (non-hydrogen) atoms. The molecule has 112 valence electrons. The highest BCUT2D eigenvalue weighted by atomic mass is 35.5. The number of halogens is 4. The van der Waals surface area contributed by atoms with Crippen LogP contribution in [0.5, 0.6) is 0 Å². The van der Waals surface area contributed by atoms with E-state index in [1.165, 1.54) is 6.07 Å². The van der Waals surface area contributed by atoms with Crippen molar-refractivity contribution in [2.24, 2.45) is 0 Å². The van der Waals surface area contributed by atoms with Crippen molar-refractivity contribution in [1.82, 2.24) is 5.32 Å². The molecule has 1 atom stereocenters. The zero-order valence-electron chi connectivity index (χ0n) is 11.5. The first-order chi connectivity index (χ1) is 10.0. The molecular weight excluding hydrogens is 332 g/mol. The van der Waals surface area contributed by atoms with Crippen molar-refractivity contribution in [1.29, 1.82) is 0 Å². The van der Waals surface area contributed by atoms with Crippen molar-refractivity contribution in [3.05, 3.63) is 68.4 Å². The minimum atomic E-state index is -0.327. The Kier molecular flexibility index (Phi) is 5.88. The van der Waals surface area contributed by atoms with E-state index in [0.717, 1.165) is 5.56 Å². The predicted octanol–water partition coefficient (Wildman–Crippen LogP) is 5.68. The Morgan fingerprint density at radius 3 is 2.38 bits per heavy atom. The first-order valence-electron chi connectivity index (χ1n) is 6.64. The topological polar surface area (TPSA) is 12.0 Å². The molecule has 5 heteroatoms. The second kappa shape index (κ2) is 7.46. The van der Waals surface area contributed by atoms with Crippen LogP contribution in [0.2, 0.25) is 15.1 Å². The third kappa shape index (κ3) is 3.89.